The van der Waals surface area contributed by atoms with Crippen LogP contribution in [-0.2, 0) is 9.47 Å². The molecule has 0 unspecified atom stereocenters. The van der Waals surface area contributed by atoms with Gasteiger partial charge in [0.25, 0.3) is 0 Å². The van der Waals surface area contributed by atoms with Crippen LogP contribution in [0.15, 0.2) is 10.2 Å². The molecule has 12 heteroatoms. The first kappa shape index (κ1) is 16.1. The minimum Gasteiger partial charge on any atom is -0.437 e. The summed E-state index contributed by atoms with van der Waals surface area (Å²) in [7, 11) is 0. The lowest BCUT2D eigenvalue weighted by atomic mass is 10.7. The Hall–Kier alpha value is -1.88. The highest BCUT2D eigenvalue weighted by atomic mass is 19.4. The molecule has 0 aromatic rings. The van der Waals surface area contributed by atoms with Gasteiger partial charge in [0, 0.05) is 0 Å². The monoisotopic (exact) mass is 282 g/mol. The fourth-order valence-electron chi connectivity index (χ4n) is 0.427. The SMILES string of the molecule is O=C(/N=N/C(=O)OCC(F)(F)F)OCC(F)(F)F. The number of azo groups is 1. The van der Waals surface area contributed by atoms with Crippen molar-refractivity contribution in [2.45, 2.75) is 12.4 Å². The van der Waals surface area contributed by atoms with Crippen molar-refractivity contribution in [3.05, 3.63) is 0 Å². The standard InChI is InChI=1S/C6H4F6N2O4/c7-5(8,9)1-17-3(15)13-14-4(16)18-2-6(10,11)12/h1-2H2/b14-13+. The third kappa shape index (κ3) is 10.6. The number of rotatable bonds is 2. The van der Waals surface area contributed by atoms with Gasteiger partial charge in [0.15, 0.2) is 13.2 Å². The predicted octanol–water partition coefficient (Wildman–Crippen LogP) is 2.84. The van der Waals surface area contributed by atoms with E-state index in [1.807, 2.05) is 0 Å². The van der Waals surface area contributed by atoms with Crippen LogP contribution in [0.25, 0.3) is 0 Å². The largest absolute Gasteiger partial charge is 0.452 e. The van der Waals surface area contributed by atoms with E-state index in [2.05, 4.69) is 19.7 Å². The van der Waals surface area contributed by atoms with Gasteiger partial charge in [-0.15, -0.1) is 0 Å². The smallest absolute Gasteiger partial charge is 0.437 e. The molecule has 6 nitrogen and oxygen atoms in total. The molecule has 0 fully saturated rings. The van der Waals surface area contributed by atoms with E-state index in [4.69, 9.17) is 0 Å². The Morgan fingerprint density at radius 3 is 1.28 bits per heavy atom. The molecular weight excluding hydrogens is 278 g/mol. The van der Waals surface area contributed by atoms with Gasteiger partial charge in [-0.2, -0.15) is 26.3 Å². The van der Waals surface area contributed by atoms with E-state index in [1.165, 1.54) is 0 Å². The number of amides is 2. The summed E-state index contributed by atoms with van der Waals surface area (Å²) < 4.78 is 75.9. The Labute approximate surface area is 94.6 Å². The maximum Gasteiger partial charge on any atom is 0.452 e. The molecule has 0 spiro atoms. The fourth-order valence-corrected chi connectivity index (χ4v) is 0.427. The van der Waals surface area contributed by atoms with Crippen LogP contribution in [0, 0.1) is 0 Å². The number of hydrogen-bond acceptors (Lipinski definition) is 4. The molecule has 0 rings (SSSR count). The van der Waals surface area contributed by atoms with Crippen molar-refractivity contribution < 1.29 is 45.4 Å². The number of halogens is 6. The van der Waals surface area contributed by atoms with Crippen molar-refractivity contribution in [3.63, 3.8) is 0 Å². The Bertz CT molecular complexity index is 304. The van der Waals surface area contributed by atoms with Crippen molar-refractivity contribution in [2.75, 3.05) is 13.2 Å². The van der Waals surface area contributed by atoms with Crippen LogP contribution in [-0.4, -0.2) is 37.8 Å². The van der Waals surface area contributed by atoms with E-state index in [-0.39, 0.29) is 0 Å². The number of alkyl halides is 6. The van der Waals surface area contributed by atoms with Crippen LogP contribution >= 0.6 is 0 Å². The van der Waals surface area contributed by atoms with Crippen LogP contribution in [0.2, 0.25) is 0 Å². The van der Waals surface area contributed by atoms with E-state index in [1.54, 1.807) is 0 Å². The molecule has 0 aromatic heterocycles. The number of carbonyl (C=O) groups excluding carboxylic acids is 2. The summed E-state index contributed by atoms with van der Waals surface area (Å²) in [6.45, 7) is -3.94. The third-order valence-corrected chi connectivity index (χ3v) is 0.932. The molecule has 0 aliphatic carbocycles. The summed E-state index contributed by atoms with van der Waals surface area (Å²) >= 11 is 0. The Morgan fingerprint density at radius 1 is 0.778 bits per heavy atom. The van der Waals surface area contributed by atoms with E-state index >= 15 is 0 Å². The lowest BCUT2D eigenvalue weighted by Gasteiger charge is -2.05. The molecule has 18 heavy (non-hydrogen) atoms. The summed E-state index contributed by atoms with van der Waals surface area (Å²) in [5, 5.41) is 4.50. The summed E-state index contributed by atoms with van der Waals surface area (Å²) in [5.74, 6) is 0. The lowest BCUT2D eigenvalue weighted by molar-refractivity contribution is -0.160. The molecule has 0 atom stereocenters. The number of nitrogens with zero attached hydrogens (tertiary/aromatic N) is 2. The first-order chi connectivity index (χ1) is 7.99. The Kier molecular flexibility index (Phi) is 5.52. The zero-order valence-electron chi connectivity index (χ0n) is 8.21. The Balaban J connectivity index is 4.00. The molecule has 0 bridgehead atoms. The van der Waals surface area contributed by atoms with Crippen molar-refractivity contribution in [2.24, 2.45) is 10.2 Å². The first-order valence-corrected chi connectivity index (χ1v) is 3.88. The highest BCUT2D eigenvalue weighted by Gasteiger charge is 2.30. The molecule has 0 saturated carbocycles. The third-order valence-electron chi connectivity index (χ3n) is 0.932. The van der Waals surface area contributed by atoms with Gasteiger partial charge in [-0.05, 0) is 0 Å². The molecule has 0 heterocycles. The molecule has 0 aliphatic rings. The summed E-state index contributed by atoms with van der Waals surface area (Å²) in [4.78, 5) is 20.8. The first-order valence-electron chi connectivity index (χ1n) is 3.88. The van der Waals surface area contributed by atoms with Crippen LogP contribution in [0.1, 0.15) is 0 Å². The predicted molar refractivity (Wildman–Crippen MR) is 39.7 cm³/mol. The highest BCUT2D eigenvalue weighted by molar-refractivity contribution is 5.73. The molecule has 0 aromatic carbocycles. The van der Waals surface area contributed by atoms with Gasteiger partial charge in [-0.25, -0.2) is 9.59 Å². The van der Waals surface area contributed by atoms with Crippen LogP contribution in [0.3, 0.4) is 0 Å². The van der Waals surface area contributed by atoms with Gasteiger partial charge in [-0.3, -0.25) is 0 Å². The lowest BCUT2D eigenvalue weighted by Crippen LogP contribution is -2.19. The number of carbonyl (C=O) groups is 2. The minimum atomic E-state index is -4.80. The average molecular weight is 282 g/mol. The van der Waals surface area contributed by atoms with Crippen LogP contribution in [0.5, 0.6) is 0 Å². The molecule has 0 aliphatic heterocycles. The second-order valence-electron chi connectivity index (χ2n) is 2.54. The van der Waals surface area contributed by atoms with Crippen molar-refractivity contribution >= 4 is 12.2 Å². The number of ether oxygens (including phenoxy) is 2. The van der Waals surface area contributed by atoms with Crippen LogP contribution in [0.4, 0.5) is 35.9 Å². The van der Waals surface area contributed by atoms with Gasteiger partial charge in [0.2, 0.25) is 0 Å². The summed E-state index contributed by atoms with van der Waals surface area (Å²) in [6, 6.07) is 0. The summed E-state index contributed by atoms with van der Waals surface area (Å²) in [5.41, 5.74) is 0. The zero-order chi connectivity index (χ0) is 14.4. The Morgan fingerprint density at radius 2 is 1.06 bits per heavy atom. The van der Waals surface area contributed by atoms with Gasteiger partial charge >= 0.3 is 24.5 Å². The second kappa shape index (κ2) is 6.16. The van der Waals surface area contributed by atoms with Crippen molar-refractivity contribution in [3.8, 4) is 0 Å². The van der Waals surface area contributed by atoms with Gasteiger partial charge in [-0.1, -0.05) is 10.2 Å². The maximum atomic E-state index is 11.5. The fraction of sp³-hybridized carbons (Fsp3) is 0.667. The van der Waals surface area contributed by atoms with Gasteiger partial charge in [0.1, 0.15) is 0 Å². The highest BCUT2D eigenvalue weighted by Crippen LogP contribution is 2.15. The molecule has 0 saturated heterocycles. The molecule has 0 N–H and O–H groups in total. The van der Waals surface area contributed by atoms with Crippen LogP contribution < -0.4 is 0 Å². The van der Waals surface area contributed by atoms with E-state index in [0.717, 1.165) is 0 Å². The van der Waals surface area contributed by atoms with Gasteiger partial charge < -0.3 is 9.47 Å². The quantitative estimate of drug-likeness (QED) is 0.576. The van der Waals surface area contributed by atoms with Crippen molar-refractivity contribution in [1.82, 2.24) is 0 Å². The molecule has 0 radical (unpaired) electrons. The normalized spacial score (nSPS) is 12.6. The average Bonchev–Trinajstić information content (AvgIpc) is 2.18. The zero-order valence-corrected chi connectivity index (χ0v) is 8.21. The van der Waals surface area contributed by atoms with Crippen molar-refractivity contribution in [1.29, 1.82) is 0 Å². The van der Waals surface area contributed by atoms with Gasteiger partial charge in [0.05, 0.1) is 0 Å². The summed E-state index contributed by atoms with van der Waals surface area (Å²) in [6.07, 6.45) is -13.4. The van der Waals surface area contributed by atoms with E-state index in [9.17, 15) is 35.9 Å². The molecular formula is C6H4F6N2O4. The molecule has 104 valence electrons. The second-order valence-corrected chi connectivity index (χ2v) is 2.54. The van der Waals surface area contributed by atoms with E-state index < -0.39 is 37.8 Å². The van der Waals surface area contributed by atoms with E-state index in [0.29, 0.717) is 0 Å². The topological polar surface area (TPSA) is 77.3 Å². The maximum absolute atomic E-state index is 11.5. The number of hydrogen-bond donors (Lipinski definition) is 0. The molecule has 2 amide bonds. The minimum absolute atomic E-state index is 1.89.